The average Bonchev–Trinajstić information content (AvgIpc) is 3.43. The van der Waals surface area contributed by atoms with Crippen molar-refractivity contribution in [2.24, 2.45) is 17.1 Å². The molecule has 4 rings (SSSR count). The molecule has 192 valence electrons. The van der Waals surface area contributed by atoms with Crippen LogP contribution in [0, 0.1) is 28.4 Å². The summed E-state index contributed by atoms with van der Waals surface area (Å²) >= 11 is 0. The highest BCUT2D eigenvalue weighted by Crippen LogP contribution is 2.53. The first-order chi connectivity index (χ1) is 16.0. The number of halogens is 1. The fraction of sp³-hybridized carbons (Fsp3) is 0.524. The van der Waals surface area contributed by atoms with Gasteiger partial charge in [0, 0.05) is 48.1 Å². The topological polar surface area (TPSA) is 175 Å². The maximum Gasteiger partial charge on any atom is 0.308 e. The normalized spacial score (nSPS) is 20.2. The summed E-state index contributed by atoms with van der Waals surface area (Å²) in [7, 11) is -3.88. The number of nitrogens with two attached hydrogens (primary N) is 1. The van der Waals surface area contributed by atoms with Crippen LogP contribution in [-0.2, 0) is 26.2 Å². The van der Waals surface area contributed by atoms with E-state index in [9.17, 15) is 33.2 Å². The largest absolute Gasteiger partial charge is 0.481 e. The number of carboxylic acid groups (broad SMARTS) is 1. The Labute approximate surface area is 207 Å². The van der Waals surface area contributed by atoms with Gasteiger partial charge < -0.3 is 20.2 Å². The Balaban J connectivity index is 0.00000342. The molecule has 2 heterocycles. The molecule has 0 radical (unpaired) electrons. The first-order valence-corrected chi connectivity index (χ1v) is 12.3. The van der Waals surface area contributed by atoms with E-state index in [1.165, 1.54) is 33.3 Å². The first kappa shape index (κ1) is 26.9. The zero-order chi connectivity index (χ0) is 24.8. The summed E-state index contributed by atoms with van der Waals surface area (Å²) in [6, 6.07) is 4.20. The van der Waals surface area contributed by atoms with Crippen molar-refractivity contribution in [2.45, 2.75) is 43.7 Å². The molecule has 1 saturated heterocycles. The minimum Gasteiger partial charge on any atom is -0.481 e. The van der Waals surface area contributed by atoms with Gasteiger partial charge in [0.1, 0.15) is 6.61 Å². The number of pyridine rings is 1. The molecule has 0 amide bonds. The smallest absolute Gasteiger partial charge is 0.308 e. The molecule has 1 aliphatic heterocycles. The lowest BCUT2D eigenvalue weighted by molar-refractivity contribution is -0.760. The number of aliphatic carboxylic acids is 1. The van der Waals surface area contributed by atoms with Crippen LogP contribution in [0.15, 0.2) is 34.1 Å². The van der Waals surface area contributed by atoms with E-state index < -0.39 is 38.0 Å². The van der Waals surface area contributed by atoms with E-state index in [1.807, 2.05) is 0 Å². The molecule has 1 aromatic heterocycles. The Kier molecular flexibility index (Phi) is 7.46. The van der Waals surface area contributed by atoms with Crippen LogP contribution in [0.4, 0.5) is 0 Å². The number of nitrogens with zero attached hydrogens (tertiary/aromatic N) is 3. The third-order valence-electron chi connectivity index (χ3n) is 6.83. The van der Waals surface area contributed by atoms with Gasteiger partial charge in [-0.2, -0.15) is 4.31 Å². The maximum absolute atomic E-state index is 13.3. The fourth-order valence-electron chi connectivity index (χ4n) is 4.76. The molecule has 2 atom stereocenters. The number of carbonyl (C=O) groups is 1. The minimum absolute atomic E-state index is 0. The van der Waals surface area contributed by atoms with Gasteiger partial charge in [0.15, 0.2) is 0 Å². The predicted octanol–water partition coefficient (Wildman–Crippen LogP) is 1.14. The van der Waals surface area contributed by atoms with Crippen molar-refractivity contribution < 1.29 is 28.2 Å². The van der Waals surface area contributed by atoms with Gasteiger partial charge in [0.25, 0.3) is 10.6 Å². The molecular weight excluding hydrogens is 504 g/mol. The van der Waals surface area contributed by atoms with Crippen LogP contribution in [0.25, 0.3) is 10.8 Å². The molecule has 2 aliphatic rings. The molecule has 1 saturated carbocycles. The van der Waals surface area contributed by atoms with Crippen molar-refractivity contribution in [1.82, 2.24) is 8.87 Å². The lowest BCUT2D eigenvalue weighted by Gasteiger charge is -2.24. The van der Waals surface area contributed by atoms with Crippen molar-refractivity contribution >= 4 is 39.2 Å². The summed E-state index contributed by atoms with van der Waals surface area (Å²) in [5, 5.41) is 19.9. The number of hydrogen-bond acceptors (Lipinski definition) is 8. The zero-order valence-electron chi connectivity index (χ0n) is 19.0. The van der Waals surface area contributed by atoms with Crippen LogP contribution in [0.2, 0.25) is 0 Å². The summed E-state index contributed by atoms with van der Waals surface area (Å²) in [5.41, 5.74) is 4.91. The molecule has 1 aliphatic carbocycles. The number of sulfonamides is 1. The van der Waals surface area contributed by atoms with Crippen LogP contribution in [-0.4, -0.2) is 59.2 Å². The van der Waals surface area contributed by atoms with Gasteiger partial charge in [0.2, 0.25) is 10.0 Å². The summed E-state index contributed by atoms with van der Waals surface area (Å²) in [4.78, 5) is 40.4. The van der Waals surface area contributed by atoms with Crippen LogP contribution >= 0.6 is 12.4 Å². The predicted molar refractivity (Wildman–Crippen MR) is 127 cm³/mol. The van der Waals surface area contributed by atoms with Crippen LogP contribution in [0.1, 0.15) is 24.8 Å². The lowest BCUT2D eigenvalue weighted by atomic mass is 9.89. The van der Waals surface area contributed by atoms with Crippen molar-refractivity contribution in [2.75, 3.05) is 19.7 Å². The van der Waals surface area contributed by atoms with E-state index in [4.69, 9.17) is 5.73 Å². The van der Waals surface area contributed by atoms with E-state index in [1.54, 1.807) is 6.92 Å². The second-order valence-corrected chi connectivity index (χ2v) is 11.0. The van der Waals surface area contributed by atoms with Crippen LogP contribution in [0.3, 0.4) is 0 Å². The van der Waals surface area contributed by atoms with Gasteiger partial charge in [-0.1, -0.05) is 6.07 Å². The third kappa shape index (κ3) is 4.99. The molecule has 12 nitrogen and oxygen atoms in total. The number of aromatic nitrogens is 1. The number of aryl methyl sites for hydroxylation is 1. The molecule has 2 fully saturated rings. The summed E-state index contributed by atoms with van der Waals surface area (Å²) < 4.78 is 29.1. The molecule has 35 heavy (non-hydrogen) atoms. The van der Waals surface area contributed by atoms with Crippen molar-refractivity contribution in [3.05, 3.63) is 50.4 Å². The van der Waals surface area contributed by atoms with Gasteiger partial charge in [-0.15, -0.1) is 22.5 Å². The third-order valence-corrected chi connectivity index (χ3v) is 8.74. The van der Waals surface area contributed by atoms with Crippen LogP contribution in [0.5, 0.6) is 0 Å². The molecule has 14 heteroatoms. The van der Waals surface area contributed by atoms with E-state index in [2.05, 4.69) is 4.84 Å². The molecular formula is C21H27ClN4O8S. The lowest BCUT2D eigenvalue weighted by Crippen LogP contribution is -2.36. The number of hydrogen-bond donors (Lipinski definition) is 2. The number of benzene rings is 1. The number of carboxylic acids is 1. The summed E-state index contributed by atoms with van der Waals surface area (Å²) in [6.07, 6.45) is 2.85. The van der Waals surface area contributed by atoms with Crippen LogP contribution < -0.4 is 11.3 Å². The van der Waals surface area contributed by atoms with Crippen molar-refractivity contribution in [3.8, 4) is 0 Å². The summed E-state index contributed by atoms with van der Waals surface area (Å²) in [6.45, 7) is 1.57. The Hall–Kier alpha value is -2.74. The standard InChI is InChI=1S/C21H26N4O8S.ClH/c1-13-9-23(11-16(20(27)28)21(6-7-21)12-33-25(29)30)19(26)15-3-2-4-17(18(13)15)34(31,32)24-8-5-14(22)10-24;/h2-4,9,14,16H,5-8,10-12,22H2,1H3,(H,27,28);1H/t14?,16-;/m0./s1. The molecule has 2 aromatic rings. The molecule has 1 unspecified atom stereocenters. The second-order valence-electron chi connectivity index (χ2n) is 9.11. The van der Waals surface area contributed by atoms with E-state index in [0.29, 0.717) is 31.4 Å². The van der Waals surface area contributed by atoms with E-state index in [0.717, 1.165) is 0 Å². The molecule has 3 N–H and O–H groups in total. The Morgan fingerprint density at radius 1 is 1.40 bits per heavy atom. The van der Waals surface area contributed by atoms with Gasteiger partial charge in [-0.3, -0.25) is 9.59 Å². The Bertz CT molecular complexity index is 1320. The Morgan fingerprint density at radius 2 is 2.09 bits per heavy atom. The van der Waals surface area contributed by atoms with Crippen molar-refractivity contribution in [3.63, 3.8) is 0 Å². The maximum atomic E-state index is 13.3. The van der Waals surface area contributed by atoms with E-state index in [-0.39, 0.29) is 53.8 Å². The first-order valence-electron chi connectivity index (χ1n) is 10.8. The van der Waals surface area contributed by atoms with Gasteiger partial charge in [-0.05, 0) is 43.9 Å². The van der Waals surface area contributed by atoms with E-state index >= 15 is 0 Å². The monoisotopic (exact) mass is 530 g/mol. The molecule has 0 spiro atoms. The minimum atomic E-state index is -3.88. The SMILES string of the molecule is Cc1cn(C[C@@H](C(=O)O)C2(CO[N+](=O)[O-])CC2)c(=O)c2cccc(S(=O)(=O)N3CCC(N)C3)c12.Cl. The number of rotatable bonds is 9. The van der Waals surface area contributed by atoms with Gasteiger partial charge in [0.05, 0.1) is 10.8 Å². The summed E-state index contributed by atoms with van der Waals surface area (Å²) in [5.74, 6) is -2.27. The zero-order valence-corrected chi connectivity index (χ0v) is 20.6. The van der Waals surface area contributed by atoms with Crippen molar-refractivity contribution in [1.29, 1.82) is 0 Å². The fourth-order valence-corrected chi connectivity index (χ4v) is 6.55. The average molecular weight is 531 g/mol. The highest BCUT2D eigenvalue weighted by atomic mass is 35.5. The Morgan fingerprint density at radius 3 is 2.63 bits per heavy atom. The van der Waals surface area contributed by atoms with Gasteiger partial charge in [-0.25, -0.2) is 8.42 Å². The van der Waals surface area contributed by atoms with Gasteiger partial charge >= 0.3 is 5.97 Å². The molecule has 1 aromatic carbocycles. The highest BCUT2D eigenvalue weighted by Gasteiger charge is 2.53. The molecule has 0 bridgehead atoms. The number of fused-ring (bicyclic) bond motifs is 1. The highest BCUT2D eigenvalue weighted by molar-refractivity contribution is 7.89. The quantitative estimate of drug-likeness (QED) is 0.355. The second kappa shape index (κ2) is 9.72.